The van der Waals surface area contributed by atoms with Gasteiger partial charge in [0.15, 0.2) is 11.5 Å². The van der Waals surface area contributed by atoms with E-state index in [1.54, 1.807) is 0 Å². The molecule has 1 amide bonds. The average molecular weight is 459 g/mol. The standard InChI is InChI=1S/C19H23ClN2O7S/c1-26-15-6-5-12(9-18(15)29-4)30(24,25)21-8-7-19(23)22-14-10-13(20)16(27-2)11-17(14)28-3/h5-6,9-11,21H,7-8H2,1-4H3,(H,22,23). The minimum Gasteiger partial charge on any atom is -0.495 e. The SMILES string of the molecule is COc1cc(OC)c(NC(=O)CCNS(=O)(=O)c2ccc(OC)c(OC)c2)cc1Cl. The van der Waals surface area contributed by atoms with Crippen LogP contribution in [0.2, 0.25) is 5.02 Å². The van der Waals surface area contributed by atoms with E-state index >= 15 is 0 Å². The Morgan fingerprint density at radius 2 is 1.53 bits per heavy atom. The number of sulfonamides is 1. The molecule has 0 aliphatic rings. The minimum atomic E-state index is -3.84. The van der Waals surface area contributed by atoms with Gasteiger partial charge >= 0.3 is 0 Å². The highest BCUT2D eigenvalue weighted by atomic mass is 35.5. The number of benzene rings is 2. The third-order valence-corrected chi connectivity index (χ3v) is 5.81. The first-order valence-corrected chi connectivity index (χ1v) is 10.5. The first-order chi connectivity index (χ1) is 14.2. The van der Waals surface area contributed by atoms with Gasteiger partial charge in [0, 0.05) is 25.1 Å². The molecule has 2 aromatic rings. The average Bonchev–Trinajstić information content (AvgIpc) is 2.73. The Morgan fingerprint density at radius 3 is 2.13 bits per heavy atom. The van der Waals surface area contributed by atoms with Crippen molar-refractivity contribution >= 4 is 33.2 Å². The quantitative estimate of drug-likeness (QED) is 0.562. The molecule has 9 nitrogen and oxygen atoms in total. The highest BCUT2D eigenvalue weighted by Crippen LogP contribution is 2.36. The zero-order valence-electron chi connectivity index (χ0n) is 16.9. The molecule has 0 spiro atoms. The predicted molar refractivity (Wildman–Crippen MR) is 113 cm³/mol. The maximum absolute atomic E-state index is 12.5. The van der Waals surface area contributed by atoms with Gasteiger partial charge in [-0.2, -0.15) is 0 Å². The van der Waals surface area contributed by atoms with E-state index in [2.05, 4.69) is 10.0 Å². The molecule has 2 rings (SSSR count). The van der Waals surface area contributed by atoms with E-state index in [0.29, 0.717) is 28.0 Å². The molecule has 2 N–H and O–H groups in total. The van der Waals surface area contributed by atoms with E-state index in [0.717, 1.165) is 0 Å². The molecule has 2 aromatic carbocycles. The van der Waals surface area contributed by atoms with E-state index in [1.165, 1.54) is 58.8 Å². The predicted octanol–water partition coefficient (Wildman–Crippen LogP) is 2.68. The number of nitrogens with one attached hydrogen (secondary N) is 2. The Hall–Kier alpha value is -2.69. The molecular weight excluding hydrogens is 436 g/mol. The summed E-state index contributed by atoms with van der Waals surface area (Å²) >= 11 is 6.08. The lowest BCUT2D eigenvalue weighted by Crippen LogP contribution is -2.28. The molecule has 0 aliphatic carbocycles. The molecule has 0 unspecified atom stereocenters. The summed E-state index contributed by atoms with van der Waals surface area (Å²) in [5.41, 5.74) is 0.344. The summed E-state index contributed by atoms with van der Waals surface area (Å²) in [5.74, 6) is 1.01. The Morgan fingerprint density at radius 1 is 0.900 bits per heavy atom. The number of methoxy groups -OCH3 is 4. The van der Waals surface area contributed by atoms with Crippen LogP contribution in [0.4, 0.5) is 5.69 Å². The molecule has 164 valence electrons. The fourth-order valence-electron chi connectivity index (χ4n) is 2.54. The Labute approximate surface area is 180 Å². The monoisotopic (exact) mass is 458 g/mol. The number of amides is 1. The number of ether oxygens (including phenoxy) is 4. The van der Waals surface area contributed by atoms with Crippen LogP contribution in [0.1, 0.15) is 6.42 Å². The van der Waals surface area contributed by atoms with E-state index < -0.39 is 15.9 Å². The molecule has 0 aromatic heterocycles. The summed E-state index contributed by atoms with van der Waals surface area (Å²) in [7, 11) is 1.92. The second-order valence-corrected chi connectivity index (χ2v) is 8.07. The van der Waals surface area contributed by atoms with Crippen molar-refractivity contribution in [3.05, 3.63) is 35.4 Å². The number of halogens is 1. The van der Waals surface area contributed by atoms with Gasteiger partial charge in [0.25, 0.3) is 0 Å². The third kappa shape index (κ3) is 5.68. The van der Waals surface area contributed by atoms with Gasteiger partial charge in [-0.3, -0.25) is 4.79 Å². The number of carbonyl (C=O) groups excluding carboxylic acids is 1. The molecule has 0 atom stereocenters. The molecule has 0 saturated carbocycles. The second kappa shape index (κ2) is 10.4. The molecule has 11 heteroatoms. The topological polar surface area (TPSA) is 112 Å². The van der Waals surface area contributed by atoms with Crippen molar-refractivity contribution in [1.29, 1.82) is 0 Å². The van der Waals surface area contributed by atoms with Crippen LogP contribution in [-0.4, -0.2) is 49.3 Å². The van der Waals surface area contributed by atoms with Gasteiger partial charge in [-0.05, 0) is 18.2 Å². The van der Waals surface area contributed by atoms with Crippen molar-refractivity contribution in [2.24, 2.45) is 0 Å². The van der Waals surface area contributed by atoms with Crippen LogP contribution in [0, 0.1) is 0 Å². The lowest BCUT2D eigenvalue weighted by Gasteiger charge is -2.13. The number of hydrogen-bond donors (Lipinski definition) is 2. The number of anilines is 1. The van der Waals surface area contributed by atoms with E-state index in [9.17, 15) is 13.2 Å². The Bertz CT molecular complexity index is 1010. The molecule has 0 heterocycles. The van der Waals surface area contributed by atoms with Crippen molar-refractivity contribution in [1.82, 2.24) is 4.72 Å². The second-order valence-electron chi connectivity index (χ2n) is 5.90. The largest absolute Gasteiger partial charge is 0.495 e. The van der Waals surface area contributed by atoms with Crippen LogP contribution < -0.4 is 29.0 Å². The van der Waals surface area contributed by atoms with Crippen LogP contribution >= 0.6 is 11.6 Å². The van der Waals surface area contributed by atoms with Crippen molar-refractivity contribution in [3.8, 4) is 23.0 Å². The third-order valence-electron chi connectivity index (χ3n) is 4.06. The van der Waals surface area contributed by atoms with Crippen molar-refractivity contribution in [3.63, 3.8) is 0 Å². The summed E-state index contributed by atoms with van der Waals surface area (Å²) in [6.45, 7) is -0.116. The Kier molecular flexibility index (Phi) is 8.16. The minimum absolute atomic E-state index is 0.0100. The summed E-state index contributed by atoms with van der Waals surface area (Å²) in [6.07, 6.45) is -0.112. The number of hydrogen-bond acceptors (Lipinski definition) is 7. The fraction of sp³-hybridized carbons (Fsp3) is 0.316. The number of carbonyl (C=O) groups is 1. The molecule has 0 aliphatic heterocycles. The van der Waals surface area contributed by atoms with Crippen LogP contribution in [0.3, 0.4) is 0 Å². The van der Waals surface area contributed by atoms with E-state index in [4.69, 9.17) is 30.5 Å². The molecule has 30 heavy (non-hydrogen) atoms. The van der Waals surface area contributed by atoms with Crippen LogP contribution in [-0.2, 0) is 14.8 Å². The van der Waals surface area contributed by atoms with Crippen LogP contribution in [0.5, 0.6) is 23.0 Å². The lowest BCUT2D eigenvalue weighted by molar-refractivity contribution is -0.116. The highest BCUT2D eigenvalue weighted by Gasteiger charge is 2.18. The van der Waals surface area contributed by atoms with Gasteiger partial charge in [0.2, 0.25) is 15.9 Å². The molecule has 0 radical (unpaired) electrons. The van der Waals surface area contributed by atoms with Crippen LogP contribution in [0.25, 0.3) is 0 Å². The zero-order chi connectivity index (χ0) is 22.3. The maximum atomic E-state index is 12.5. The van der Waals surface area contributed by atoms with Crippen molar-refractivity contribution in [2.45, 2.75) is 11.3 Å². The molecular formula is C19H23ClN2O7S. The normalized spacial score (nSPS) is 11.0. The smallest absolute Gasteiger partial charge is 0.240 e. The highest BCUT2D eigenvalue weighted by molar-refractivity contribution is 7.89. The molecule has 0 fully saturated rings. The van der Waals surface area contributed by atoms with Gasteiger partial charge < -0.3 is 24.3 Å². The van der Waals surface area contributed by atoms with Gasteiger partial charge in [-0.1, -0.05) is 11.6 Å². The zero-order valence-corrected chi connectivity index (χ0v) is 18.5. The maximum Gasteiger partial charge on any atom is 0.240 e. The molecule has 0 saturated heterocycles. The lowest BCUT2D eigenvalue weighted by atomic mass is 10.2. The van der Waals surface area contributed by atoms with Gasteiger partial charge in [-0.25, -0.2) is 13.1 Å². The van der Waals surface area contributed by atoms with Crippen molar-refractivity contribution in [2.75, 3.05) is 40.3 Å². The summed E-state index contributed by atoms with van der Waals surface area (Å²) in [6, 6.07) is 7.24. The van der Waals surface area contributed by atoms with Gasteiger partial charge in [0.05, 0.1) is 44.0 Å². The number of rotatable bonds is 10. The van der Waals surface area contributed by atoms with E-state index in [1.807, 2.05) is 0 Å². The summed E-state index contributed by atoms with van der Waals surface area (Å²) in [5, 5.41) is 2.93. The van der Waals surface area contributed by atoms with Gasteiger partial charge in [-0.15, -0.1) is 0 Å². The molecule has 0 bridgehead atoms. The summed E-state index contributed by atoms with van der Waals surface area (Å²) < 4.78 is 47.8. The van der Waals surface area contributed by atoms with Crippen molar-refractivity contribution < 1.29 is 32.2 Å². The first-order valence-electron chi connectivity index (χ1n) is 8.68. The van der Waals surface area contributed by atoms with Crippen LogP contribution in [0.15, 0.2) is 35.2 Å². The Balaban J connectivity index is 2.01. The summed E-state index contributed by atoms with van der Waals surface area (Å²) in [4.78, 5) is 12.2. The fourth-order valence-corrected chi connectivity index (χ4v) is 3.82. The van der Waals surface area contributed by atoms with Gasteiger partial charge in [0.1, 0.15) is 11.5 Å². The van der Waals surface area contributed by atoms with E-state index in [-0.39, 0.29) is 23.6 Å². The first kappa shape index (κ1) is 23.6.